The average molecular weight is 217 g/mol. The summed E-state index contributed by atoms with van der Waals surface area (Å²) in [5, 5.41) is 3.44. The SMILES string of the molecule is CC.CC.CC.CCCNCC1CCC1. The van der Waals surface area contributed by atoms with E-state index in [1.165, 1.54) is 38.8 Å². The maximum atomic E-state index is 3.44. The van der Waals surface area contributed by atoms with Crippen LogP contribution in [0.3, 0.4) is 0 Å². The van der Waals surface area contributed by atoms with Crippen LogP contribution >= 0.6 is 0 Å². The van der Waals surface area contributed by atoms with Crippen molar-refractivity contribution in [1.29, 1.82) is 0 Å². The molecule has 1 heteroatoms. The molecule has 0 bridgehead atoms. The molecule has 15 heavy (non-hydrogen) atoms. The van der Waals surface area contributed by atoms with Crippen LogP contribution in [0.1, 0.15) is 74.1 Å². The van der Waals surface area contributed by atoms with E-state index in [4.69, 9.17) is 0 Å². The van der Waals surface area contributed by atoms with Gasteiger partial charge in [0.05, 0.1) is 0 Å². The zero-order valence-corrected chi connectivity index (χ0v) is 12.3. The molecule has 0 heterocycles. The molecule has 96 valence electrons. The third kappa shape index (κ3) is 16.6. The number of hydrogen-bond donors (Lipinski definition) is 1. The molecule has 0 unspecified atom stereocenters. The first-order chi connectivity index (χ1) is 7.43. The van der Waals surface area contributed by atoms with Gasteiger partial charge in [0.15, 0.2) is 0 Å². The molecule has 0 aromatic rings. The van der Waals surface area contributed by atoms with E-state index in [1.807, 2.05) is 41.5 Å². The van der Waals surface area contributed by atoms with E-state index in [1.54, 1.807) is 0 Å². The van der Waals surface area contributed by atoms with Crippen LogP contribution in [0.2, 0.25) is 0 Å². The molecule has 1 aliphatic rings. The molecule has 0 amide bonds. The van der Waals surface area contributed by atoms with Crippen molar-refractivity contribution in [3.63, 3.8) is 0 Å². The van der Waals surface area contributed by atoms with Crippen molar-refractivity contribution in [2.24, 2.45) is 5.92 Å². The molecular formula is C14H35N. The Morgan fingerprint density at radius 2 is 1.40 bits per heavy atom. The summed E-state index contributed by atoms with van der Waals surface area (Å²) in [6.45, 7) is 16.7. The zero-order valence-electron chi connectivity index (χ0n) is 12.3. The number of nitrogens with one attached hydrogen (secondary N) is 1. The van der Waals surface area contributed by atoms with Crippen molar-refractivity contribution in [2.45, 2.75) is 74.1 Å². The van der Waals surface area contributed by atoms with Gasteiger partial charge in [0, 0.05) is 0 Å². The van der Waals surface area contributed by atoms with Gasteiger partial charge in [-0.1, -0.05) is 54.9 Å². The highest BCUT2D eigenvalue weighted by Crippen LogP contribution is 2.24. The summed E-state index contributed by atoms with van der Waals surface area (Å²) in [7, 11) is 0. The Hall–Kier alpha value is -0.0400. The summed E-state index contributed by atoms with van der Waals surface area (Å²) >= 11 is 0. The Morgan fingerprint density at radius 3 is 1.67 bits per heavy atom. The van der Waals surface area contributed by atoms with Crippen molar-refractivity contribution in [2.75, 3.05) is 13.1 Å². The molecule has 0 aromatic heterocycles. The van der Waals surface area contributed by atoms with E-state index in [2.05, 4.69) is 12.2 Å². The van der Waals surface area contributed by atoms with Crippen LogP contribution in [0, 0.1) is 5.92 Å². The monoisotopic (exact) mass is 217 g/mol. The molecule has 1 saturated carbocycles. The van der Waals surface area contributed by atoms with Crippen LogP contribution in [-0.4, -0.2) is 13.1 Å². The lowest BCUT2D eigenvalue weighted by molar-refractivity contribution is 0.302. The molecule has 0 aliphatic heterocycles. The van der Waals surface area contributed by atoms with E-state index in [9.17, 15) is 0 Å². The largest absolute Gasteiger partial charge is 0.316 e. The predicted octanol–water partition coefficient (Wildman–Crippen LogP) is 4.86. The Bertz CT molecular complexity index is 67.7. The summed E-state index contributed by atoms with van der Waals surface area (Å²) in [6, 6.07) is 0. The Labute approximate surface area is 99.0 Å². The van der Waals surface area contributed by atoms with Crippen LogP contribution in [0.5, 0.6) is 0 Å². The van der Waals surface area contributed by atoms with Crippen LogP contribution in [-0.2, 0) is 0 Å². The first-order valence-electron chi connectivity index (χ1n) is 7.14. The highest BCUT2D eigenvalue weighted by molar-refractivity contribution is 4.71. The summed E-state index contributed by atoms with van der Waals surface area (Å²) < 4.78 is 0. The summed E-state index contributed by atoms with van der Waals surface area (Å²) in [4.78, 5) is 0. The molecule has 0 saturated heterocycles. The quantitative estimate of drug-likeness (QED) is 0.663. The summed E-state index contributed by atoms with van der Waals surface area (Å²) in [6.07, 6.45) is 5.68. The second kappa shape index (κ2) is 23.6. The van der Waals surface area contributed by atoms with Gasteiger partial charge in [-0.05, 0) is 38.3 Å². The molecule has 1 rings (SSSR count). The third-order valence-corrected chi connectivity index (χ3v) is 2.08. The highest BCUT2D eigenvalue weighted by Gasteiger charge is 2.15. The highest BCUT2D eigenvalue weighted by atomic mass is 14.9. The fourth-order valence-corrected chi connectivity index (χ4v) is 1.18. The minimum Gasteiger partial charge on any atom is -0.316 e. The maximum Gasteiger partial charge on any atom is -0.00205 e. The lowest BCUT2D eigenvalue weighted by atomic mass is 9.85. The van der Waals surface area contributed by atoms with Crippen molar-refractivity contribution in [1.82, 2.24) is 5.32 Å². The molecule has 1 nitrogen and oxygen atoms in total. The van der Waals surface area contributed by atoms with Crippen LogP contribution in [0.4, 0.5) is 0 Å². The van der Waals surface area contributed by atoms with E-state index < -0.39 is 0 Å². The first-order valence-corrected chi connectivity index (χ1v) is 7.14. The van der Waals surface area contributed by atoms with E-state index >= 15 is 0 Å². The Kier molecular flexibility index (Phi) is 32.1. The Morgan fingerprint density at radius 1 is 0.933 bits per heavy atom. The number of rotatable bonds is 4. The van der Waals surface area contributed by atoms with Crippen LogP contribution in [0.15, 0.2) is 0 Å². The second-order valence-corrected chi connectivity index (χ2v) is 3.00. The fraction of sp³-hybridized carbons (Fsp3) is 1.00. The van der Waals surface area contributed by atoms with Gasteiger partial charge in [0.2, 0.25) is 0 Å². The van der Waals surface area contributed by atoms with E-state index in [0.29, 0.717) is 0 Å². The standard InChI is InChI=1S/C8H17N.3C2H6/c1-2-6-9-7-8-4-3-5-8;3*1-2/h8-9H,2-7H2,1H3;3*1-2H3. The minimum absolute atomic E-state index is 1.02. The molecule has 0 atom stereocenters. The van der Waals surface area contributed by atoms with Crippen molar-refractivity contribution >= 4 is 0 Å². The molecule has 1 fully saturated rings. The lowest BCUT2D eigenvalue weighted by Crippen LogP contribution is -2.27. The van der Waals surface area contributed by atoms with Crippen molar-refractivity contribution in [3.05, 3.63) is 0 Å². The van der Waals surface area contributed by atoms with Gasteiger partial charge in [-0.25, -0.2) is 0 Å². The lowest BCUT2D eigenvalue weighted by Gasteiger charge is -2.25. The maximum absolute atomic E-state index is 3.44. The zero-order chi connectivity index (χ0) is 12.5. The van der Waals surface area contributed by atoms with Crippen molar-refractivity contribution < 1.29 is 0 Å². The summed E-state index contributed by atoms with van der Waals surface area (Å²) in [5.41, 5.74) is 0. The average Bonchev–Trinajstić information content (AvgIpc) is 2.30. The number of hydrogen-bond acceptors (Lipinski definition) is 1. The molecule has 1 N–H and O–H groups in total. The van der Waals surface area contributed by atoms with Gasteiger partial charge < -0.3 is 5.32 Å². The molecule has 1 aliphatic carbocycles. The topological polar surface area (TPSA) is 12.0 Å². The van der Waals surface area contributed by atoms with Gasteiger partial charge in [0.25, 0.3) is 0 Å². The van der Waals surface area contributed by atoms with Gasteiger partial charge in [-0.3, -0.25) is 0 Å². The van der Waals surface area contributed by atoms with E-state index in [0.717, 1.165) is 5.92 Å². The molecule has 0 spiro atoms. The smallest absolute Gasteiger partial charge is 0.00205 e. The van der Waals surface area contributed by atoms with Crippen LogP contribution < -0.4 is 5.32 Å². The fourth-order valence-electron chi connectivity index (χ4n) is 1.18. The second-order valence-electron chi connectivity index (χ2n) is 3.00. The molecular weight excluding hydrogens is 182 g/mol. The van der Waals surface area contributed by atoms with Crippen molar-refractivity contribution in [3.8, 4) is 0 Å². The van der Waals surface area contributed by atoms with Gasteiger partial charge >= 0.3 is 0 Å². The predicted molar refractivity (Wildman–Crippen MR) is 74.5 cm³/mol. The van der Waals surface area contributed by atoms with Gasteiger partial charge in [-0.15, -0.1) is 0 Å². The summed E-state index contributed by atoms with van der Waals surface area (Å²) in [5.74, 6) is 1.02. The minimum atomic E-state index is 1.02. The molecule has 0 radical (unpaired) electrons. The molecule has 0 aromatic carbocycles. The third-order valence-electron chi connectivity index (χ3n) is 2.08. The Balaban J connectivity index is -0.000000208. The van der Waals surface area contributed by atoms with E-state index in [-0.39, 0.29) is 0 Å². The first kappa shape index (κ1) is 20.4. The normalized spacial score (nSPS) is 13.0. The van der Waals surface area contributed by atoms with Gasteiger partial charge in [0.1, 0.15) is 0 Å². The van der Waals surface area contributed by atoms with Gasteiger partial charge in [-0.2, -0.15) is 0 Å². The van der Waals surface area contributed by atoms with Crippen LogP contribution in [0.25, 0.3) is 0 Å².